The molecule has 4 heteroatoms. The van der Waals surface area contributed by atoms with Crippen LogP contribution in [-0.2, 0) is 14.3 Å². The number of nitrogens with zero attached hydrogens (tertiary/aromatic N) is 1. The summed E-state index contributed by atoms with van der Waals surface area (Å²) in [6.45, 7) is 10.2. The Morgan fingerprint density at radius 2 is 2.29 bits per heavy atom. The van der Waals surface area contributed by atoms with E-state index in [-0.39, 0.29) is 29.8 Å². The summed E-state index contributed by atoms with van der Waals surface area (Å²) in [6.07, 6.45) is -0.557. The lowest BCUT2D eigenvalue weighted by molar-refractivity contribution is -0.224. The normalized spacial score (nSPS) is 34.7. The Balaban J connectivity index is 2.30. The maximum Gasteiger partial charge on any atom is 0.254 e. The zero-order valence-electron chi connectivity index (χ0n) is 10.8. The van der Waals surface area contributed by atoms with Crippen molar-refractivity contribution in [2.45, 2.75) is 44.6 Å². The predicted octanol–water partition coefficient (Wildman–Crippen LogP) is 1.12. The highest BCUT2D eigenvalue weighted by Crippen LogP contribution is 2.38. The number of hydrogen-bond acceptors (Lipinski definition) is 3. The van der Waals surface area contributed by atoms with Crippen molar-refractivity contribution in [2.75, 3.05) is 13.7 Å². The fourth-order valence-electron chi connectivity index (χ4n) is 2.59. The van der Waals surface area contributed by atoms with E-state index in [0.717, 1.165) is 5.57 Å². The molecule has 1 amide bonds. The van der Waals surface area contributed by atoms with Crippen molar-refractivity contribution in [3.05, 3.63) is 17.9 Å². The van der Waals surface area contributed by atoms with Gasteiger partial charge >= 0.3 is 0 Å². The number of carbonyl (C=O) groups is 1. The molecule has 0 unspecified atom stereocenters. The van der Waals surface area contributed by atoms with Gasteiger partial charge < -0.3 is 14.4 Å². The molecule has 2 aliphatic rings. The van der Waals surface area contributed by atoms with Crippen LogP contribution >= 0.6 is 0 Å². The molecule has 94 valence electrons. The highest BCUT2D eigenvalue weighted by atomic mass is 16.5. The van der Waals surface area contributed by atoms with E-state index in [4.69, 9.17) is 9.47 Å². The van der Waals surface area contributed by atoms with Gasteiger partial charge in [0.05, 0.1) is 11.6 Å². The number of fused-ring (bicyclic) bond motifs is 1. The van der Waals surface area contributed by atoms with E-state index in [1.165, 1.54) is 0 Å². The summed E-state index contributed by atoms with van der Waals surface area (Å²) < 4.78 is 11.3. The molecule has 2 saturated heterocycles. The van der Waals surface area contributed by atoms with Crippen molar-refractivity contribution >= 4 is 5.91 Å². The van der Waals surface area contributed by atoms with Crippen molar-refractivity contribution in [3.8, 4) is 0 Å². The lowest BCUT2D eigenvalue weighted by atomic mass is 9.84. The van der Waals surface area contributed by atoms with E-state index in [1.807, 2.05) is 25.7 Å². The average Bonchev–Trinajstić information content (AvgIpc) is 2.28. The molecule has 2 rings (SSSR count). The van der Waals surface area contributed by atoms with Crippen molar-refractivity contribution in [1.29, 1.82) is 0 Å². The SMILES string of the molecule is C=C=C(C)[C@@H]1OC(C)(C)CN2C(=O)[C@H](OC)[C@H]12. The molecule has 0 spiro atoms. The van der Waals surface area contributed by atoms with Crippen LogP contribution in [0.25, 0.3) is 0 Å². The zero-order valence-corrected chi connectivity index (χ0v) is 10.8. The molecule has 0 saturated carbocycles. The Hall–Kier alpha value is -1.09. The molecule has 2 fully saturated rings. The van der Waals surface area contributed by atoms with Crippen molar-refractivity contribution < 1.29 is 14.3 Å². The minimum atomic E-state index is -0.389. The smallest absolute Gasteiger partial charge is 0.254 e. The van der Waals surface area contributed by atoms with Crippen LogP contribution in [0.4, 0.5) is 0 Å². The first kappa shape index (κ1) is 12.4. The number of β-lactam (4-membered cyclic amide) rings is 1. The van der Waals surface area contributed by atoms with Gasteiger partial charge in [-0.05, 0) is 26.3 Å². The summed E-state index contributed by atoms with van der Waals surface area (Å²) in [7, 11) is 1.56. The van der Waals surface area contributed by atoms with Crippen LogP contribution in [0.1, 0.15) is 20.8 Å². The largest absolute Gasteiger partial charge is 0.369 e. The predicted molar refractivity (Wildman–Crippen MR) is 63.6 cm³/mol. The van der Waals surface area contributed by atoms with Gasteiger partial charge in [0.2, 0.25) is 0 Å². The number of rotatable bonds is 2. The summed E-state index contributed by atoms with van der Waals surface area (Å²) in [6, 6.07) is -0.0326. The zero-order chi connectivity index (χ0) is 12.8. The Labute approximate surface area is 102 Å². The van der Waals surface area contributed by atoms with Gasteiger partial charge in [0.25, 0.3) is 5.91 Å². The number of methoxy groups -OCH3 is 1. The van der Waals surface area contributed by atoms with Crippen LogP contribution in [0.3, 0.4) is 0 Å². The molecular weight excluding hydrogens is 218 g/mol. The van der Waals surface area contributed by atoms with E-state index < -0.39 is 0 Å². The molecule has 0 aromatic heterocycles. The number of morpholine rings is 1. The molecular formula is C13H19NO3. The van der Waals surface area contributed by atoms with Gasteiger partial charge in [-0.25, -0.2) is 0 Å². The molecule has 2 heterocycles. The highest BCUT2D eigenvalue weighted by molar-refractivity contribution is 5.89. The van der Waals surface area contributed by atoms with E-state index in [1.54, 1.807) is 7.11 Å². The van der Waals surface area contributed by atoms with Crippen LogP contribution in [0, 0.1) is 0 Å². The van der Waals surface area contributed by atoms with E-state index in [2.05, 4.69) is 12.3 Å². The monoisotopic (exact) mass is 237 g/mol. The standard InChI is InChI=1S/C13H19NO3/c1-6-8(2)10-9-11(16-5)12(15)14(9)7-13(3,4)17-10/h9-11H,1,7H2,2-5H3/t9-,10-,11+/m0/s1. The average molecular weight is 237 g/mol. The van der Waals surface area contributed by atoms with Gasteiger partial charge in [0.1, 0.15) is 6.10 Å². The third kappa shape index (κ3) is 1.82. The maximum atomic E-state index is 11.9. The second-order valence-corrected chi connectivity index (χ2v) is 5.27. The van der Waals surface area contributed by atoms with Gasteiger partial charge in [-0.1, -0.05) is 6.58 Å². The van der Waals surface area contributed by atoms with Crippen molar-refractivity contribution in [3.63, 3.8) is 0 Å². The first-order valence-electron chi connectivity index (χ1n) is 5.79. The van der Waals surface area contributed by atoms with Gasteiger partial charge in [-0.15, -0.1) is 5.73 Å². The van der Waals surface area contributed by atoms with Crippen molar-refractivity contribution in [1.82, 2.24) is 4.90 Å². The Morgan fingerprint density at radius 3 is 2.82 bits per heavy atom. The minimum absolute atomic E-state index is 0.0326. The summed E-state index contributed by atoms with van der Waals surface area (Å²) in [5, 5.41) is 0. The Bertz CT molecular complexity index is 395. The summed E-state index contributed by atoms with van der Waals surface area (Å²) in [5.41, 5.74) is 3.44. The van der Waals surface area contributed by atoms with Gasteiger partial charge in [-0.3, -0.25) is 4.79 Å². The Morgan fingerprint density at radius 1 is 1.65 bits per heavy atom. The number of ether oxygens (including phenoxy) is 2. The lowest BCUT2D eigenvalue weighted by Crippen LogP contribution is -2.75. The van der Waals surface area contributed by atoms with Crippen LogP contribution in [-0.4, -0.2) is 48.3 Å². The summed E-state index contributed by atoms with van der Waals surface area (Å²) in [5.74, 6) is 0.0516. The first-order valence-corrected chi connectivity index (χ1v) is 5.79. The van der Waals surface area contributed by atoms with Crippen LogP contribution in [0.15, 0.2) is 17.9 Å². The number of hydrogen-bond donors (Lipinski definition) is 0. The molecule has 4 nitrogen and oxygen atoms in total. The molecule has 0 aliphatic carbocycles. The second-order valence-electron chi connectivity index (χ2n) is 5.27. The fraction of sp³-hybridized carbons (Fsp3) is 0.692. The summed E-state index contributed by atoms with van der Waals surface area (Å²) in [4.78, 5) is 13.7. The van der Waals surface area contributed by atoms with Gasteiger partial charge in [-0.2, -0.15) is 0 Å². The third-order valence-corrected chi connectivity index (χ3v) is 3.46. The molecule has 2 aliphatic heterocycles. The maximum absolute atomic E-state index is 11.9. The highest BCUT2D eigenvalue weighted by Gasteiger charge is 2.57. The Kier molecular flexibility index (Phi) is 2.90. The van der Waals surface area contributed by atoms with Crippen LogP contribution in [0.2, 0.25) is 0 Å². The van der Waals surface area contributed by atoms with Crippen molar-refractivity contribution in [2.24, 2.45) is 0 Å². The second kappa shape index (κ2) is 3.98. The van der Waals surface area contributed by atoms with E-state index in [9.17, 15) is 4.79 Å². The molecule has 0 bridgehead atoms. The fourth-order valence-corrected chi connectivity index (χ4v) is 2.59. The van der Waals surface area contributed by atoms with Gasteiger partial charge in [0.15, 0.2) is 6.10 Å². The van der Waals surface area contributed by atoms with E-state index in [0.29, 0.717) is 6.54 Å². The molecule has 0 radical (unpaired) electrons. The van der Waals surface area contributed by atoms with Crippen LogP contribution in [0.5, 0.6) is 0 Å². The molecule has 3 atom stereocenters. The third-order valence-electron chi connectivity index (χ3n) is 3.46. The molecule has 0 N–H and O–H groups in total. The summed E-state index contributed by atoms with van der Waals surface area (Å²) >= 11 is 0. The van der Waals surface area contributed by atoms with Crippen LogP contribution < -0.4 is 0 Å². The lowest BCUT2D eigenvalue weighted by Gasteiger charge is -2.56. The number of carbonyl (C=O) groups excluding carboxylic acids is 1. The quantitative estimate of drug-likeness (QED) is 0.533. The van der Waals surface area contributed by atoms with E-state index >= 15 is 0 Å². The molecule has 0 aromatic carbocycles. The number of amides is 1. The topological polar surface area (TPSA) is 38.8 Å². The first-order chi connectivity index (χ1) is 7.91. The molecule has 0 aromatic rings. The van der Waals surface area contributed by atoms with Gasteiger partial charge in [0, 0.05) is 13.7 Å². The molecule has 17 heavy (non-hydrogen) atoms. The minimum Gasteiger partial charge on any atom is -0.369 e.